The van der Waals surface area contributed by atoms with Crippen LogP contribution >= 0.6 is 11.3 Å². The molecule has 3 aromatic rings. The molecule has 1 aliphatic heterocycles. The molecule has 8 nitrogen and oxygen atoms in total. The van der Waals surface area contributed by atoms with Crippen molar-refractivity contribution >= 4 is 21.4 Å². The van der Waals surface area contributed by atoms with Crippen LogP contribution in [0.2, 0.25) is 0 Å². The Kier molecular flexibility index (Phi) is 3.55. The summed E-state index contributed by atoms with van der Waals surface area (Å²) in [6.07, 6.45) is 0. The van der Waals surface area contributed by atoms with Crippen molar-refractivity contribution in [1.29, 1.82) is 0 Å². The van der Waals surface area contributed by atoms with E-state index >= 15 is 0 Å². The zero-order chi connectivity index (χ0) is 16.9. The topological polar surface area (TPSA) is 102 Å². The third-order valence-electron chi connectivity index (χ3n) is 3.98. The average Bonchev–Trinajstić information content (AvgIpc) is 3.17. The van der Waals surface area contributed by atoms with Crippen LogP contribution in [-0.4, -0.2) is 41.1 Å². The fourth-order valence-electron chi connectivity index (χ4n) is 2.67. The summed E-state index contributed by atoms with van der Waals surface area (Å²) < 4.78 is 36.9. The van der Waals surface area contributed by atoms with E-state index in [1.165, 1.54) is 4.31 Å². The molecular formula is C14H14N4O4S2. The maximum absolute atomic E-state index is 12.6. The lowest BCUT2D eigenvalue weighted by molar-refractivity contribution is 0.216. The molecule has 3 aromatic heterocycles. The molecule has 24 heavy (non-hydrogen) atoms. The zero-order valence-corrected chi connectivity index (χ0v) is 14.6. The summed E-state index contributed by atoms with van der Waals surface area (Å²) in [5, 5.41) is 11.5. The summed E-state index contributed by atoms with van der Waals surface area (Å²) in [5.41, 5.74) is 1.27. The van der Waals surface area contributed by atoms with Crippen molar-refractivity contribution in [3.8, 4) is 11.4 Å². The van der Waals surface area contributed by atoms with Crippen LogP contribution in [0.5, 0.6) is 0 Å². The maximum atomic E-state index is 12.6. The second-order valence-electron chi connectivity index (χ2n) is 5.64. The van der Waals surface area contributed by atoms with Crippen LogP contribution in [0, 0.1) is 13.8 Å². The molecule has 0 radical (unpaired) electrons. The highest BCUT2D eigenvalue weighted by molar-refractivity contribution is 7.89. The molecule has 4 heterocycles. The Morgan fingerprint density at radius 1 is 1.25 bits per heavy atom. The highest BCUT2D eigenvalue weighted by atomic mass is 32.2. The van der Waals surface area contributed by atoms with E-state index in [0.717, 1.165) is 5.56 Å². The minimum Gasteiger partial charge on any atom is -0.360 e. The molecule has 0 unspecified atom stereocenters. The van der Waals surface area contributed by atoms with Crippen molar-refractivity contribution < 1.29 is 17.5 Å². The Balaban J connectivity index is 1.51. The molecule has 0 atom stereocenters. The molecule has 0 aliphatic carbocycles. The van der Waals surface area contributed by atoms with Crippen molar-refractivity contribution in [2.24, 2.45) is 0 Å². The van der Waals surface area contributed by atoms with Gasteiger partial charge in [0.2, 0.25) is 21.7 Å². The van der Waals surface area contributed by atoms with Gasteiger partial charge in [0.05, 0.1) is 5.92 Å². The van der Waals surface area contributed by atoms with Gasteiger partial charge in [-0.2, -0.15) is 20.6 Å². The minimum atomic E-state index is -3.61. The van der Waals surface area contributed by atoms with Gasteiger partial charge < -0.3 is 9.05 Å². The van der Waals surface area contributed by atoms with Gasteiger partial charge in [0.15, 0.2) is 5.76 Å². The lowest BCUT2D eigenvalue weighted by Crippen LogP contribution is -2.48. The molecular weight excluding hydrogens is 352 g/mol. The fourth-order valence-corrected chi connectivity index (χ4v) is 5.13. The SMILES string of the molecule is Cc1noc(C)c1S(=O)(=O)N1CC(c2nc(-c3ccsc3)no2)C1. The van der Waals surface area contributed by atoms with Gasteiger partial charge in [-0.15, -0.1) is 0 Å². The molecule has 4 rings (SSSR count). The normalized spacial score (nSPS) is 16.4. The number of aromatic nitrogens is 3. The number of aryl methyl sites for hydroxylation is 2. The Morgan fingerprint density at radius 2 is 2.04 bits per heavy atom. The third kappa shape index (κ3) is 2.38. The van der Waals surface area contributed by atoms with Crippen LogP contribution in [-0.2, 0) is 10.0 Å². The predicted molar refractivity (Wildman–Crippen MR) is 85.1 cm³/mol. The van der Waals surface area contributed by atoms with Crippen LogP contribution in [0.1, 0.15) is 23.3 Å². The van der Waals surface area contributed by atoms with E-state index in [4.69, 9.17) is 9.05 Å². The van der Waals surface area contributed by atoms with E-state index < -0.39 is 10.0 Å². The Bertz CT molecular complexity index is 949. The number of nitrogens with zero attached hydrogens (tertiary/aromatic N) is 4. The fraction of sp³-hybridized carbons (Fsp3) is 0.357. The van der Waals surface area contributed by atoms with Crippen LogP contribution in [0.25, 0.3) is 11.4 Å². The molecule has 0 bridgehead atoms. The van der Waals surface area contributed by atoms with Crippen LogP contribution < -0.4 is 0 Å². The van der Waals surface area contributed by atoms with Crippen LogP contribution in [0.15, 0.2) is 30.8 Å². The molecule has 0 spiro atoms. The molecule has 0 aromatic carbocycles. The predicted octanol–water partition coefficient (Wildman–Crippen LogP) is 2.19. The van der Waals surface area contributed by atoms with Gasteiger partial charge in [-0.05, 0) is 25.3 Å². The summed E-state index contributed by atoms with van der Waals surface area (Å²) in [5.74, 6) is 1.19. The van der Waals surface area contributed by atoms with Gasteiger partial charge in [0.1, 0.15) is 10.6 Å². The number of hydrogen-bond donors (Lipinski definition) is 0. The van der Waals surface area contributed by atoms with Crippen molar-refractivity contribution in [2.45, 2.75) is 24.7 Å². The summed E-state index contributed by atoms with van der Waals surface area (Å²) in [6, 6.07) is 1.91. The van der Waals surface area contributed by atoms with Crippen molar-refractivity contribution in [2.75, 3.05) is 13.1 Å². The average molecular weight is 366 g/mol. The molecule has 0 saturated carbocycles. The van der Waals surface area contributed by atoms with Gasteiger partial charge in [-0.25, -0.2) is 8.42 Å². The number of hydrogen-bond acceptors (Lipinski definition) is 8. The molecule has 1 aliphatic rings. The number of sulfonamides is 1. The van der Waals surface area contributed by atoms with E-state index in [-0.39, 0.29) is 10.8 Å². The highest BCUT2D eigenvalue weighted by Crippen LogP contribution is 2.34. The first-order valence-corrected chi connectivity index (χ1v) is 9.64. The summed E-state index contributed by atoms with van der Waals surface area (Å²) >= 11 is 1.55. The first kappa shape index (κ1) is 15.5. The molecule has 10 heteroatoms. The number of thiophene rings is 1. The van der Waals surface area contributed by atoms with Gasteiger partial charge in [-0.3, -0.25) is 0 Å². The first-order chi connectivity index (χ1) is 11.5. The zero-order valence-electron chi connectivity index (χ0n) is 13.0. The van der Waals surface area contributed by atoms with E-state index in [9.17, 15) is 8.42 Å². The maximum Gasteiger partial charge on any atom is 0.248 e. The second kappa shape index (κ2) is 5.50. The van der Waals surface area contributed by atoms with Crippen LogP contribution in [0.3, 0.4) is 0 Å². The number of rotatable bonds is 4. The molecule has 1 fully saturated rings. The monoisotopic (exact) mass is 366 g/mol. The van der Waals surface area contributed by atoms with Gasteiger partial charge in [0, 0.05) is 24.0 Å². The van der Waals surface area contributed by atoms with E-state index in [0.29, 0.717) is 36.3 Å². The Morgan fingerprint density at radius 3 is 2.67 bits per heavy atom. The molecule has 0 amide bonds. The van der Waals surface area contributed by atoms with E-state index in [1.54, 1.807) is 25.2 Å². The first-order valence-electron chi connectivity index (χ1n) is 7.26. The van der Waals surface area contributed by atoms with Gasteiger partial charge in [0.25, 0.3) is 0 Å². The standard InChI is InChI=1S/C14H14N4O4S2/c1-8-12(9(2)21-16-8)24(19,20)18-5-11(6-18)14-15-13(17-22-14)10-3-4-23-7-10/h3-4,7,11H,5-6H2,1-2H3. The van der Waals surface area contributed by atoms with Crippen LogP contribution in [0.4, 0.5) is 0 Å². The Hall–Kier alpha value is -2.04. The van der Waals surface area contributed by atoms with Crippen molar-refractivity contribution in [3.63, 3.8) is 0 Å². The summed E-state index contributed by atoms with van der Waals surface area (Å²) in [4.78, 5) is 4.51. The minimum absolute atomic E-state index is 0.0971. The van der Waals surface area contributed by atoms with Crippen molar-refractivity contribution in [1.82, 2.24) is 19.6 Å². The van der Waals surface area contributed by atoms with E-state index in [2.05, 4.69) is 15.3 Å². The second-order valence-corrected chi connectivity index (χ2v) is 8.30. The van der Waals surface area contributed by atoms with Gasteiger partial charge >= 0.3 is 0 Å². The molecule has 126 valence electrons. The van der Waals surface area contributed by atoms with E-state index in [1.807, 2.05) is 16.8 Å². The highest BCUT2D eigenvalue weighted by Gasteiger charge is 2.42. The quantitative estimate of drug-likeness (QED) is 0.697. The largest absolute Gasteiger partial charge is 0.360 e. The Labute approximate surface area is 142 Å². The molecule has 0 N–H and O–H groups in total. The summed E-state index contributed by atoms with van der Waals surface area (Å²) in [7, 11) is -3.61. The van der Waals surface area contributed by atoms with Gasteiger partial charge in [-0.1, -0.05) is 10.3 Å². The lowest BCUT2D eigenvalue weighted by atomic mass is 10.0. The molecule has 1 saturated heterocycles. The summed E-state index contributed by atoms with van der Waals surface area (Å²) in [6.45, 7) is 3.82. The lowest BCUT2D eigenvalue weighted by Gasteiger charge is -2.35. The third-order valence-corrected chi connectivity index (χ3v) is 6.74. The smallest absolute Gasteiger partial charge is 0.248 e. The van der Waals surface area contributed by atoms with Crippen molar-refractivity contribution in [3.05, 3.63) is 34.2 Å².